The van der Waals surface area contributed by atoms with Crippen LogP contribution < -0.4 is 9.88 Å². The van der Waals surface area contributed by atoms with Crippen molar-refractivity contribution < 1.29 is 22.7 Å². The fraction of sp³-hybridized carbons (Fsp3) is 0.188. The van der Waals surface area contributed by atoms with Crippen LogP contribution in [0.15, 0.2) is 47.4 Å². The minimum absolute atomic E-state index is 0.00705. The molecule has 0 unspecified atom stereocenters. The van der Waals surface area contributed by atoms with Gasteiger partial charge in [-0.1, -0.05) is 24.3 Å². The Balaban J connectivity index is 2.26. The van der Waals surface area contributed by atoms with Crippen LogP contribution in [0.2, 0.25) is 0 Å². The van der Waals surface area contributed by atoms with Crippen LogP contribution in [0.1, 0.15) is 21.5 Å². The van der Waals surface area contributed by atoms with Crippen LogP contribution in [-0.4, -0.2) is 21.5 Å². The number of benzene rings is 2. The number of sulfonamides is 1. The summed E-state index contributed by atoms with van der Waals surface area (Å²) in [6.07, 6.45) is 0. The summed E-state index contributed by atoms with van der Waals surface area (Å²) in [5, 5.41) is 5.08. The summed E-state index contributed by atoms with van der Waals surface area (Å²) in [4.78, 5) is 12.1. The lowest BCUT2D eigenvalue weighted by Crippen LogP contribution is -2.14. The smallest absolute Gasteiger partial charge is 0.342 e. The van der Waals surface area contributed by atoms with Gasteiger partial charge in [0.05, 0.1) is 12.0 Å². The number of carbonyl (C=O) groups excluding carboxylic acids is 1. The van der Waals surface area contributed by atoms with E-state index in [4.69, 9.17) is 14.6 Å². The first-order chi connectivity index (χ1) is 10.8. The van der Waals surface area contributed by atoms with Crippen molar-refractivity contribution in [1.82, 2.24) is 0 Å². The fourth-order valence-electron chi connectivity index (χ4n) is 2.02. The number of aryl methyl sites for hydroxylation is 1. The van der Waals surface area contributed by atoms with Gasteiger partial charge < -0.3 is 9.47 Å². The van der Waals surface area contributed by atoms with Gasteiger partial charge in [0, 0.05) is 0 Å². The summed E-state index contributed by atoms with van der Waals surface area (Å²) in [6, 6.07) is 11.3. The standard InChI is InChI=1S/C16H17NO5S/c1-11-5-3-4-6-12(11)10-22-16(18)14-9-13(23(17,19)20)7-8-15(14)21-2/h3-9H,10H2,1-2H3,(H2,17,19,20). The third-order valence-electron chi connectivity index (χ3n) is 3.34. The van der Waals surface area contributed by atoms with Gasteiger partial charge in [-0.25, -0.2) is 18.4 Å². The van der Waals surface area contributed by atoms with Crippen molar-refractivity contribution in [2.75, 3.05) is 7.11 Å². The Kier molecular flexibility index (Phi) is 5.02. The van der Waals surface area contributed by atoms with E-state index in [2.05, 4.69) is 0 Å². The molecule has 0 fully saturated rings. The molecule has 23 heavy (non-hydrogen) atoms. The van der Waals surface area contributed by atoms with Gasteiger partial charge in [0.2, 0.25) is 10.0 Å². The Bertz CT molecular complexity index is 830. The second-order valence-electron chi connectivity index (χ2n) is 4.91. The van der Waals surface area contributed by atoms with Crippen molar-refractivity contribution in [2.45, 2.75) is 18.4 Å². The van der Waals surface area contributed by atoms with Crippen LogP contribution in [0.5, 0.6) is 5.75 Å². The summed E-state index contributed by atoms with van der Waals surface area (Å²) in [7, 11) is -2.54. The zero-order chi connectivity index (χ0) is 17.0. The maximum absolute atomic E-state index is 12.3. The molecule has 0 aliphatic heterocycles. The molecule has 2 N–H and O–H groups in total. The summed E-state index contributed by atoms with van der Waals surface area (Å²) in [5.41, 5.74) is 1.86. The highest BCUT2D eigenvalue weighted by Gasteiger charge is 2.18. The SMILES string of the molecule is COc1ccc(S(N)(=O)=O)cc1C(=O)OCc1ccccc1C. The second-order valence-corrected chi connectivity index (χ2v) is 6.47. The molecule has 0 saturated carbocycles. The molecular weight excluding hydrogens is 318 g/mol. The van der Waals surface area contributed by atoms with Gasteiger partial charge in [-0.3, -0.25) is 0 Å². The largest absolute Gasteiger partial charge is 0.496 e. The maximum atomic E-state index is 12.3. The first kappa shape index (κ1) is 17.0. The molecule has 0 atom stereocenters. The first-order valence-electron chi connectivity index (χ1n) is 6.75. The van der Waals surface area contributed by atoms with E-state index >= 15 is 0 Å². The monoisotopic (exact) mass is 335 g/mol. The minimum Gasteiger partial charge on any atom is -0.496 e. The lowest BCUT2D eigenvalue weighted by atomic mass is 10.1. The van der Waals surface area contributed by atoms with Crippen LogP contribution >= 0.6 is 0 Å². The maximum Gasteiger partial charge on any atom is 0.342 e. The molecule has 122 valence electrons. The molecule has 6 nitrogen and oxygen atoms in total. The molecule has 2 aromatic rings. The average Bonchev–Trinajstić information content (AvgIpc) is 2.52. The molecule has 2 rings (SSSR count). The Morgan fingerprint density at radius 2 is 1.87 bits per heavy atom. The molecule has 0 aliphatic rings. The Labute approximate surface area is 134 Å². The summed E-state index contributed by atoms with van der Waals surface area (Å²) >= 11 is 0. The third kappa shape index (κ3) is 4.08. The normalized spacial score (nSPS) is 11.1. The molecule has 0 bridgehead atoms. The van der Waals surface area contributed by atoms with Crippen LogP contribution in [0, 0.1) is 6.92 Å². The van der Waals surface area contributed by atoms with Crippen molar-refractivity contribution in [2.24, 2.45) is 5.14 Å². The number of carbonyl (C=O) groups is 1. The van der Waals surface area contributed by atoms with Crippen molar-refractivity contribution in [3.8, 4) is 5.75 Å². The van der Waals surface area contributed by atoms with Gasteiger partial charge in [0.1, 0.15) is 17.9 Å². The molecular formula is C16H17NO5S. The fourth-order valence-corrected chi connectivity index (χ4v) is 2.56. The number of hydrogen-bond donors (Lipinski definition) is 1. The third-order valence-corrected chi connectivity index (χ3v) is 4.25. The second kappa shape index (κ2) is 6.80. The van der Waals surface area contributed by atoms with Gasteiger partial charge in [-0.05, 0) is 36.2 Å². The summed E-state index contributed by atoms with van der Waals surface area (Å²) in [5.74, 6) is -0.470. The van der Waals surface area contributed by atoms with Crippen molar-refractivity contribution in [1.29, 1.82) is 0 Å². The molecule has 0 heterocycles. The zero-order valence-electron chi connectivity index (χ0n) is 12.8. The van der Waals surface area contributed by atoms with Gasteiger partial charge >= 0.3 is 5.97 Å². The Morgan fingerprint density at radius 3 is 2.48 bits per heavy atom. The number of hydrogen-bond acceptors (Lipinski definition) is 5. The highest BCUT2D eigenvalue weighted by atomic mass is 32.2. The van der Waals surface area contributed by atoms with E-state index < -0.39 is 16.0 Å². The molecule has 2 aromatic carbocycles. The zero-order valence-corrected chi connectivity index (χ0v) is 13.6. The molecule has 0 aromatic heterocycles. The van der Waals surface area contributed by atoms with E-state index in [-0.39, 0.29) is 22.8 Å². The number of ether oxygens (including phenoxy) is 2. The predicted molar refractivity (Wildman–Crippen MR) is 84.7 cm³/mol. The van der Waals surface area contributed by atoms with E-state index in [9.17, 15) is 13.2 Å². The van der Waals surface area contributed by atoms with E-state index in [1.807, 2.05) is 31.2 Å². The summed E-state index contributed by atoms with van der Waals surface area (Å²) in [6.45, 7) is 1.99. The van der Waals surface area contributed by atoms with E-state index in [0.717, 1.165) is 17.2 Å². The molecule has 7 heteroatoms. The minimum atomic E-state index is -3.92. The predicted octanol–water partition coefficient (Wildman–Crippen LogP) is 2.01. The van der Waals surface area contributed by atoms with Crippen molar-refractivity contribution in [3.63, 3.8) is 0 Å². The van der Waals surface area contributed by atoms with Crippen LogP contribution in [-0.2, 0) is 21.4 Å². The van der Waals surface area contributed by atoms with E-state index in [1.54, 1.807) is 0 Å². The molecule has 0 radical (unpaired) electrons. The number of methoxy groups -OCH3 is 1. The highest BCUT2D eigenvalue weighted by Crippen LogP contribution is 2.23. The first-order valence-corrected chi connectivity index (χ1v) is 8.30. The number of primary sulfonamides is 1. The average molecular weight is 335 g/mol. The molecule has 0 spiro atoms. The number of nitrogens with two attached hydrogens (primary N) is 1. The molecule has 0 aliphatic carbocycles. The van der Waals surface area contributed by atoms with Gasteiger partial charge in [-0.15, -0.1) is 0 Å². The van der Waals surface area contributed by atoms with Crippen molar-refractivity contribution >= 4 is 16.0 Å². The van der Waals surface area contributed by atoms with Crippen molar-refractivity contribution in [3.05, 3.63) is 59.2 Å². The quantitative estimate of drug-likeness (QED) is 0.843. The lowest BCUT2D eigenvalue weighted by molar-refractivity contribution is 0.0468. The number of rotatable bonds is 5. The van der Waals surface area contributed by atoms with Crippen LogP contribution in [0.4, 0.5) is 0 Å². The topological polar surface area (TPSA) is 95.7 Å². The molecule has 0 amide bonds. The lowest BCUT2D eigenvalue weighted by Gasteiger charge is -2.11. The van der Waals surface area contributed by atoms with Crippen LogP contribution in [0.25, 0.3) is 0 Å². The Hall–Kier alpha value is -2.38. The van der Waals surface area contributed by atoms with Gasteiger partial charge in [0.15, 0.2) is 0 Å². The summed E-state index contributed by atoms with van der Waals surface area (Å²) < 4.78 is 33.2. The van der Waals surface area contributed by atoms with E-state index in [1.165, 1.54) is 19.2 Å². The van der Waals surface area contributed by atoms with Crippen LogP contribution in [0.3, 0.4) is 0 Å². The van der Waals surface area contributed by atoms with Gasteiger partial charge in [0.25, 0.3) is 0 Å². The number of esters is 1. The Morgan fingerprint density at radius 1 is 1.17 bits per heavy atom. The van der Waals surface area contributed by atoms with E-state index in [0.29, 0.717) is 0 Å². The van der Waals surface area contributed by atoms with Gasteiger partial charge in [-0.2, -0.15) is 0 Å². The highest BCUT2D eigenvalue weighted by molar-refractivity contribution is 7.89. The molecule has 0 saturated heterocycles.